The molecule has 2 saturated heterocycles. The first-order chi connectivity index (χ1) is 11.5. The molecule has 0 saturated carbocycles. The lowest BCUT2D eigenvalue weighted by Gasteiger charge is -2.33. The molecule has 1 N–H and O–H groups in total. The maximum atomic E-state index is 12.6. The predicted octanol–water partition coefficient (Wildman–Crippen LogP) is 0.577. The van der Waals surface area contributed by atoms with E-state index < -0.39 is 18.1 Å². The summed E-state index contributed by atoms with van der Waals surface area (Å²) in [6, 6.07) is 1.26. The number of amides is 1. The molecule has 3 heterocycles. The minimum absolute atomic E-state index is 0.0549. The lowest BCUT2D eigenvalue weighted by molar-refractivity contribution is -0.0524. The van der Waals surface area contributed by atoms with E-state index in [0.717, 1.165) is 32.1 Å². The summed E-state index contributed by atoms with van der Waals surface area (Å²) in [5.74, 6) is -0.472. The summed E-state index contributed by atoms with van der Waals surface area (Å²) < 4.78 is 31.1. The van der Waals surface area contributed by atoms with Gasteiger partial charge >= 0.3 is 6.55 Å². The second-order valence-corrected chi connectivity index (χ2v) is 6.45. The number of ether oxygens (including phenoxy) is 1. The normalized spacial score (nSPS) is 26.1. The first-order valence-electron chi connectivity index (χ1n) is 8.12. The van der Waals surface area contributed by atoms with Crippen molar-refractivity contribution in [2.45, 2.75) is 25.0 Å². The molecular formula is C15H22F2N4O3. The number of aliphatic hydroxyl groups is 1. The largest absolute Gasteiger partial charge is 0.384 e. The minimum atomic E-state index is -2.79. The van der Waals surface area contributed by atoms with E-state index >= 15 is 0 Å². The SMILES string of the molecule is O=C(c1ccn(C(F)F)n1)N1CCOCC(O)(CN2CCCC2)C1. The van der Waals surface area contributed by atoms with Crippen LogP contribution >= 0.6 is 0 Å². The molecule has 0 aromatic carbocycles. The Kier molecular flexibility index (Phi) is 5.12. The molecule has 1 aromatic rings. The third-order valence-electron chi connectivity index (χ3n) is 4.39. The van der Waals surface area contributed by atoms with Crippen LogP contribution < -0.4 is 0 Å². The van der Waals surface area contributed by atoms with E-state index in [4.69, 9.17) is 4.74 Å². The molecule has 1 amide bonds. The number of alkyl halides is 2. The molecule has 1 unspecified atom stereocenters. The van der Waals surface area contributed by atoms with E-state index in [9.17, 15) is 18.7 Å². The zero-order chi connectivity index (χ0) is 17.2. The molecule has 134 valence electrons. The van der Waals surface area contributed by atoms with Gasteiger partial charge in [-0.1, -0.05) is 0 Å². The molecule has 3 rings (SSSR count). The van der Waals surface area contributed by atoms with Crippen LogP contribution in [0.1, 0.15) is 29.9 Å². The fraction of sp³-hybridized carbons (Fsp3) is 0.733. The van der Waals surface area contributed by atoms with E-state index in [1.165, 1.54) is 11.0 Å². The Morgan fingerprint density at radius 1 is 1.38 bits per heavy atom. The van der Waals surface area contributed by atoms with Gasteiger partial charge in [0.05, 0.1) is 19.8 Å². The molecule has 2 aliphatic heterocycles. The number of rotatable bonds is 4. The number of hydrogen-bond acceptors (Lipinski definition) is 5. The van der Waals surface area contributed by atoms with Crippen molar-refractivity contribution in [3.05, 3.63) is 18.0 Å². The molecule has 0 radical (unpaired) electrons. The lowest BCUT2D eigenvalue weighted by Crippen LogP contribution is -2.53. The van der Waals surface area contributed by atoms with Crippen molar-refractivity contribution in [2.75, 3.05) is 45.9 Å². The van der Waals surface area contributed by atoms with Crippen LogP contribution in [0.2, 0.25) is 0 Å². The van der Waals surface area contributed by atoms with Crippen LogP contribution in [0.3, 0.4) is 0 Å². The van der Waals surface area contributed by atoms with Crippen molar-refractivity contribution in [1.29, 1.82) is 0 Å². The van der Waals surface area contributed by atoms with Crippen LogP contribution in [0.15, 0.2) is 12.3 Å². The van der Waals surface area contributed by atoms with Gasteiger partial charge in [-0.2, -0.15) is 13.9 Å². The van der Waals surface area contributed by atoms with Gasteiger partial charge in [-0.25, -0.2) is 4.68 Å². The Morgan fingerprint density at radius 3 is 2.79 bits per heavy atom. The van der Waals surface area contributed by atoms with Crippen molar-refractivity contribution >= 4 is 5.91 Å². The van der Waals surface area contributed by atoms with Gasteiger partial charge in [0.2, 0.25) is 0 Å². The maximum Gasteiger partial charge on any atom is 0.333 e. The van der Waals surface area contributed by atoms with Crippen LogP contribution in [0.25, 0.3) is 0 Å². The van der Waals surface area contributed by atoms with Gasteiger partial charge in [0.1, 0.15) is 5.60 Å². The Bertz CT molecular complexity index is 577. The highest BCUT2D eigenvalue weighted by molar-refractivity contribution is 5.92. The van der Waals surface area contributed by atoms with E-state index in [1.807, 2.05) is 0 Å². The van der Waals surface area contributed by atoms with E-state index in [-0.39, 0.29) is 18.8 Å². The van der Waals surface area contributed by atoms with E-state index in [0.29, 0.717) is 24.4 Å². The van der Waals surface area contributed by atoms with Gasteiger partial charge in [-0.3, -0.25) is 4.79 Å². The van der Waals surface area contributed by atoms with Crippen molar-refractivity contribution in [1.82, 2.24) is 19.6 Å². The summed E-state index contributed by atoms with van der Waals surface area (Å²) >= 11 is 0. The highest BCUT2D eigenvalue weighted by atomic mass is 19.3. The number of halogens is 2. The van der Waals surface area contributed by atoms with Gasteiger partial charge in [-0.15, -0.1) is 0 Å². The van der Waals surface area contributed by atoms with Crippen LogP contribution in [0.5, 0.6) is 0 Å². The van der Waals surface area contributed by atoms with Gasteiger partial charge in [-0.05, 0) is 32.0 Å². The minimum Gasteiger partial charge on any atom is -0.384 e. The van der Waals surface area contributed by atoms with E-state index in [2.05, 4.69) is 10.00 Å². The quantitative estimate of drug-likeness (QED) is 0.865. The lowest BCUT2D eigenvalue weighted by atomic mass is 10.0. The highest BCUT2D eigenvalue weighted by Gasteiger charge is 2.37. The Morgan fingerprint density at radius 2 is 2.12 bits per heavy atom. The summed E-state index contributed by atoms with van der Waals surface area (Å²) in [7, 11) is 0. The van der Waals surface area contributed by atoms with Crippen molar-refractivity contribution in [3.8, 4) is 0 Å². The third kappa shape index (κ3) is 3.90. The van der Waals surface area contributed by atoms with Crippen LogP contribution in [0.4, 0.5) is 8.78 Å². The number of β-amino-alcohol motifs (C(OH)–C–C–N with tert-alkyl or cyclic N) is 1. The fourth-order valence-corrected chi connectivity index (χ4v) is 3.27. The Labute approximate surface area is 138 Å². The number of carbonyl (C=O) groups is 1. The number of nitrogens with zero attached hydrogens (tertiary/aromatic N) is 4. The van der Waals surface area contributed by atoms with E-state index in [1.54, 1.807) is 0 Å². The Hall–Kier alpha value is -1.58. The van der Waals surface area contributed by atoms with Crippen molar-refractivity contribution < 1.29 is 23.4 Å². The number of aromatic nitrogens is 2. The van der Waals surface area contributed by atoms with Gasteiger partial charge in [0, 0.05) is 19.3 Å². The summed E-state index contributed by atoms with van der Waals surface area (Å²) in [4.78, 5) is 16.1. The van der Waals surface area contributed by atoms with Gasteiger partial charge in [0.15, 0.2) is 5.69 Å². The van der Waals surface area contributed by atoms with Crippen LogP contribution in [-0.4, -0.2) is 82.1 Å². The molecule has 1 atom stereocenters. The highest BCUT2D eigenvalue weighted by Crippen LogP contribution is 2.19. The Balaban J connectivity index is 1.69. The molecular weight excluding hydrogens is 322 g/mol. The maximum absolute atomic E-state index is 12.6. The average Bonchev–Trinajstić information content (AvgIpc) is 3.17. The van der Waals surface area contributed by atoms with Crippen LogP contribution in [-0.2, 0) is 4.74 Å². The first kappa shape index (κ1) is 17.2. The summed E-state index contributed by atoms with van der Waals surface area (Å²) in [6.07, 6.45) is 3.28. The number of hydrogen-bond donors (Lipinski definition) is 1. The summed E-state index contributed by atoms with van der Waals surface area (Å²) in [5.41, 5.74) is -1.22. The zero-order valence-corrected chi connectivity index (χ0v) is 13.4. The van der Waals surface area contributed by atoms with Crippen LogP contribution in [0, 0.1) is 0 Å². The molecule has 2 fully saturated rings. The summed E-state index contributed by atoms with van der Waals surface area (Å²) in [6.45, 7) is 0.340. The van der Waals surface area contributed by atoms with Crippen molar-refractivity contribution in [3.63, 3.8) is 0 Å². The van der Waals surface area contributed by atoms with Crippen molar-refractivity contribution in [2.24, 2.45) is 0 Å². The third-order valence-corrected chi connectivity index (χ3v) is 4.39. The average molecular weight is 344 g/mol. The number of likely N-dealkylation sites (tertiary alicyclic amines) is 1. The fourth-order valence-electron chi connectivity index (χ4n) is 3.27. The molecule has 1 aromatic heterocycles. The number of carbonyl (C=O) groups excluding carboxylic acids is 1. The predicted molar refractivity (Wildman–Crippen MR) is 80.8 cm³/mol. The molecule has 7 nitrogen and oxygen atoms in total. The topological polar surface area (TPSA) is 70.8 Å². The van der Waals surface area contributed by atoms with Gasteiger partial charge < -0.3 is 19.6 Å². The molecule has 0 aliphatic carbocycles. The summed E-state index contributed by atoms with van der Waals surface area (Å²) in [5, 5.41) is 14.5. The monoisotopic (exact) mass is 344 g/mol. The molecule has 0 spiro atoms. The second-order valence-electron chi connectivity index (χ2n) is 6.45. The zero-order valence-electron chi connectivity index (χ0n) is 13.4. The standard InChI is InChI=1S/C15H22F2N4O3/c16-14(17)21-6-3-12(18-21)13(22)20-7-8-24-11-15(23,10-20)9-19-4-1-2-5-19/h3,6,14,23H,1-2,4-5,7-11H2. The molecule has 24 heavy (non-hydrogen) atoms. The molecule has 0 bridgehead atoms. The second kappa shape index (κ2) is 7.12. The van der Waals surface area contributed by atoms with Gasteiger partial charge in [0.25, 0.3) is 5.91 Å². The molecule has 9 heteroatoms. The smallest absolute Gasteiger partial charge is 0.333 e. The molecule has 2 aliphatic rings. The first-order valence-corrected chi connectivity index (χ1v) is 8.12.